The quantitative estimate of drug-likeness (QED) is 0.195. The maximum Gasteiger partial charge on any atom is 0.307 e. The van der Waals surface area contributed by atoms with Crippen LogP contribution in [0.3, 0.4) is 0 Å². The average Bonchev–Trinajstić information content (AvgIpc) is 3.48. The monoisotopic (exact) mass is 453 g/mol. The number of rotatable bonds is 5. The Kier molecular flexibility index (Phi) is 5.18. The minimum atomic E-state index is -0.493. The minimum absolute atomic E-state index is 0.0347. The average molecular weight is 453 g/mol. The summed E-state index contributed by atoms with van der Waals surface area (Å²) in [6, 6.07) is 20.0. The lowest BCUT2D eigenvalue weighted by Gasteiger charge is -2.04. The molecule has 0 saturated heterocycles. The van der Waals surface area contributed by atoms with Crippen LogP contribution in [0, 0.1) is 24.0 Å². The van der Waals surface area contributed by atoms with Gasteiger partial charge in [-0.25, -0.2) is 5.43 Å². The van der Waals surface area contributed by atoms with Crippen molar-refractivity contribution < 1.29 is 18.6 Å². The van der Waals surface area contributed by atoms with E-state index < -0.39 is 10.8 Å². The van der Waals surface area contributed by atoms with Crippen LogP contribution in [0.5, 0.6) is 0 Å². The van der Waals surface area contributed by atoms with Crippen molar-refractivity contribution in [2.75, 3.05) is 0 Å². The second kappa shape index (κ2) is 8.32. The summed E-state index contributed by atoms with van der Waals surface area (Å²) in [5, 5.41) is 18.2. The fourth-order valence-corrected chi connectivity index (χ4v) is 3.86. The highest BCUT2D eigenvalue weighted by atomic mass is 16.6. The molecule has 0 aliphatic heterocycles. The van der Waals surface area contributed by atoms with Crippen molar-refractivity contribution in [2.45, 2.75) is 13.8 Å². The molecule has 0 atom stereocenters. The molecule has 0 saturated carbocycles. The first-order valence-corrected chi connectivity index (χ1v) is 10.5. The molecule has 8 heteroatoms. The fourth-order valence-electron chi connectivity index (χ4n) is 3.86. The molecule has 0 spiro atoms. The second-order valence-electron chi connectivity index (χ2n) is 7.90. The molecule has 2 heterocycles. The number of aryl methyl sites for hydroxylation is 1. The maximum atomic E-state index is 12.5. The topological polar surface area (TPSA) is 111 Å². The Morgan fingerprint density at radius 2 is 1.82 bits per heavy atom. The predicted molar refractivity (Wildman–Crippen MR) is 129 cm³/mol. The molecule has 1 amide bonds. The number of amides is 1. The first-order valence-electron chi connectivity index (χ1n) is 10.5. The minimum Gasteiger partial charge on any atom is -0.455 e. The van der Waals surface area contributed by atoms with Crippen molar-refractivity contribution >= 4 is 39.6 Å². The molecule has 34 heavy (non-hydrogen) atoms. The number of benzene rings is 3. The number of carbonyl (C=O) groups is 1. The smallest absolute Gasteiger partial charge is 0.307 e. The van der Waals surface area contributed by atoms with Crippen molar-refractivity contribution in [3.05, 3.63) is 99.5 Å². The van der Waals surface area contributed by atoms with Gasteiger partial charge < -0.3 is 8.83 Å². The molecule has 5 rings (SSSR count). The van der Waals surface area contributed by atoms with Gasteiger partial charge in [0.15, 0.2) is 5.76 Å². The lowest BCUT2D eigenvalue weighted by Crippen LogP contribution is -2.16. The van der Waals surface area contributed by atoms with Gasteiger partial charge in [-0.2, -0.15) is 5.10 Å². The lowest BCUT2D eigenvalue weighted by atomic mass is 10.0. The van der Waals surface area contributed by atoms with Gasteiger partial charge in [-0.15, -0.1) is 0 Å². The van der Waals surface area contributed by atoms with Gasteiger partial charge in [0.2, 0.25) is 0 Å². The van der Waals surface area contributed by atoms with Gasteiger partial charge in [0.25, 0.3) is 5.69 Å². The third-order valence-electron chi connectivity index (χ3n) is 5.76. The number of furan rings is 2. The van der Waals surface area contributed by atoms with Crippen LogP contribution >= 0.6 is 0 Å². The molecule has 5 aromatic rings. The molecule has 0 bridgehead atoms. The van der Waals surface area contributed by atoms with Crippen LogP contribution in [0.25, 0.3) is 33.1 Å². The predicted octanol–water partition coefficient (Wildman–Crippen LogP) is 6.13. The summed E-state index contributed by atoms with van der Waals surface area (Å²) in [6.45, 7) is 3.53. The summed E-state index contributed by atoms with van der Waals surface area (Å²) in [5.41, 5.74) is 5.08. The zero-order chi connectivity index (χ0) is 23.8. The maximum absolute atomic E-state index is 12.5. The third-order valence-corrected chi connectivity index (χ3v) is 5.76. The van der Waals surface area contributed by atoms with Crippen molar-refractivity contribution in [1.82, 2.24) is 5.43 Å². The van der Waals surface area contributed by atoms with Gasteiger partial charge in [-0.05, 0) is 60.5 Å². The van der Waals surface area contributed by atoms with Gasteiger partial charge in [0, 0.05) is 22.6 Å². The molecular weight excluding hydrogens is 434 g/mol. The molecule has 0 fully saturated rings. The number of nitrogens with one attached hydrogen (secondary N) is 1. The zero-order valence-electron chi connectivity index (χ0n) is 18.4. The van der Waals surface area contributed by atoms with E-state index in [0.717, 1.165) is 21.7 Å². The van der Waals surface area contributed by atoms with Gasteiger partial charge >= 0.3 is 5.91 Å². The Labute approximate surface area is 193 Å². The Bertz CT molecular complexity index is 1610. The number of hydrogen-bond donors (Lipinski definition) is 1. The van der Waals surface area contributed by atoms with Crippen LogP contribution in [0.15, 0.2) is 80.7 Å². The number of nitrogens with zero attached hydrogens (tertiary/aromatic N) is 2. The van der Waals surface area contributed by atoms with Crippen molar-refractivity contribution in [3.63, 3.8) is 0 Å². The Balaban J connectivity index is 1.33. The van der Waals surface area contributed by atoms with E-state index in [1.165, 1.54) is 12.3 Å². The molecule has 3 aromatic carbocycles. The summed E-state index contributed by atoms with van der Waals surface area (Å²) in [6.07, 6.45) is 1.36. The number of nitro benzene ring substituents is 1. The van der Waals surface area contributed by atoms with E-state index in [1.807, 2.05) is 49.4 Å². The largest absolute Gasteiger partial charge is 0.455 e. The van der Waals surface area contributed by atoms with Crippen molar-refractivity contribution in [3.8, 4) is 11.3 Å². The standard InChI is InChI=1S/C26H19N3O5/c1-15-11-18(12-22(16(15)2)29(31)32)23-10-8-19(33-23)14-27-28-26(30)25-13-21-20-6-4-3-5-17(20)7-9-24(21)34-25/h3-14H,1-2H3,(H,28,30). The van der Waals surface area contributed by atoms with Crippen LogP contribution in [-0.2, 0) is 0 Å². The first kappa shape index (κ1) is 21.1. The molecular formula is C26H19N3O5. The van der Waals surface area contributed by atoms with Crippen molar-refractivity contribution in [2.24, 2.45) is 5.10 Å². The molecule has 0 radical (unpaired) electrons. The van der Waals surface area contributed by atoms with Crippen LogP contribution in [0.2, 0.25) is 0 Å². The highest BCUT2D eigenvalue weighted by Crippen LogP contribution is 2.31. The van der Waals surface area contributed by atoms with Gasteiger partial charge in [-0.3, -0.25) is 14.9 Å². The number of carbonyl (C=O) groups excluding carboxylic acids is 1. The van der Waals surface area contributed by atoms with Crippen molar-refractivity contribution in [1.29, 1.82) is 0 Å². The van der Waals surface area contributed by atoms with Crippen LogP contribution in [0.4, 0.5) is 5.69 Å². The fraction of sp³-hybridized carbons (Fsp3) is 0.0769. The molecule has 8 nitrogen and oxygen atoms in total. The molecule has 168 valence electrons. The Morgan fingerprint density at radius 3 is 2.65 bits per heavy atom. The van der Waals surface area contributed by atoms with Crippen LogP contribution < -0.4 is 5.43 Å². The zero-order valence-corrected chi connectivity index (χ0v) is 18.4. The first-order chi connectivity index (χ1) is 16.4. The van der Waals surface area contributed by atoms with E-state index in [4.69, 9.17) is 8.83 Å². The molecule has 0 unspecified atom stereocenters. The van der Waals surface area contributed by atoms with E-state index in [-0.39, 0.29) is 11.4 Å². The summed E-state index contributed by atoms with van der Waals surface area (Å²) in [5.74, 6) is 0.495. The van der Waals surface area contributed by atoms with E-state index in [0.29, 0.717) is 28.2 Å². The van der Waals surface area contributed by atoms with Gasteiger partial charge in [-0.1, -0.05) is 30.3 Å². The van der Waals surface area contributed by atoms with Gasteiger partial charge in [0.05, 0.1) is 11.1 Å². The molecule has 0 aliphatic carbocycles. The Morgan fingerprint density at radius 1 is 1.00 bits per heavy atom. The normalized spacial score (nSPS) is 11.5. The highest BCUT2D eigenvalue weighted by molar-refractivity contribution is 6.08. The highest BCUT2D eigenvalue weighted by Gasteiger charge is 2.17. The number of fused-ring (bicyclic) bond motifs is 3. The molecule has 0 aliphatic rings. The Hall–Kier alpha value is -4.72. The lowest BCUT2D eigenvalue weighted by molar-refractivity contribution is -0.385. The third kappa shape index (κ3) is 3.81. The van der Waals surface area contributed by atoms with Crippen LogP contribution in [0.1, 0.15) is 27.4 Å². The number of nitro groups is 1. The van der Waals surface area contributed by atoms with Gasteiger partial charge in [0.1, 0.15) is 17.1 Å². The number of hydrazone groups is 1. The molecule has 2 aromatic heterocycles. The van der Waals surface area contributed by atoms with E-state index in [2.05, 4.69) is 10.5 Å². The number of hydrogen-bond acceptors (Lipinski definition) is 6. The summed E-state index contributed by atoms with van der Waals surface area (Å²) < 4.78 is 11.4. The second-order valence-corrected chi connectivity index (χ2v) is 7.90. The van der Waals surface area contributed by atoms with E-state index >= 15 is 0 Å². The SMILES string of the molecule is Cc1cc(-c2ccc(C=NNC(=O)c3cc4c(ccc5ccccc54)o3)o2)cc([N+](=O)[O-])c1C. The summed E-state index contributed by atoms with van der Waals surface area (Å²) >= 11 is 0. The van der Waals surface area contributed by atoms with Crippen LogP contribution in [-0.4, -0.2) is 17.0 Å². The van der Waals surface area contributed by atoms with E-state index in [1.54, 1.807) is 25.1 Å². The summed E-state index contributed by atoms with van der Waals surface area (Å²) in [7, 11) is 0. The van der Waals surface area contributed by atoms with E-state index in [9.17, 15) is 14.9 Å². The molecule has 1 N–H and O–H groups in total. The summed E-state index contributed by atoms with van der Waals surface area (Å²) in [4.78, 5) is 23.4.